The van der Waals surface area contributed by atoms with Gasteiger partial charge in [0, 0.05) is 22.2 Å². The third-order valence-corrected chi connectivity index (χ3v) is 2.06. The summed E-state index contributed by atoms with van der Waals surface area (Å²) < 4.78 is 1.08. The van der Waals surface area contributed by atoms with Crippen LogP contribution in [0.3, 0.4) is 0 Å². The van der Waals surface area contributed by atoms with Crippen LogP contribution < -0.4 is 5.32 Å². The van der Waals surface area contributed by atoms with E-state index in [1.807, 2.05) is 30.3 Å². The van der Waals surface area contributed by atoms with E-state index in [0.29, 0.717) is 0 Å². The number of halogens is 2. The molecule has 0 bridgehead atoms. The summed E-state index contributed by atoms with van der Waals surface area (Å²) in [5.41, 5.74) is 2.60. The van der Waals surface area contributed by atoms with Gasteiger partial charge in [0.05, 0.1) is 0 Å². The molecule has 0 saturated carbocycles. The molecule has 0 aliphatic carbocycles. The smallest absolute Gasteiger partial charge is 0.0343 e. The molecule has 0 amide bonds. The molecule has 64 valence electrons. The predicted molar refractivity (Wildman–Crippen MR) is 57.6 cm³/mol. The summed E-state index contributed by atoms with van der Waals surface area (Å²) in [7, 11) is 0. The third kappa shape index (κ3) is 3.28. The monoisotopic (exact) mass is 245 g/mol. The van der Waals surface area contributed by atoms with Gasteiger partial charge in [0.25, 0.3) is 0 Å². The maximum atomic E-state index is 5.36. The normalized spacial score (nSPS) is 10.5. The van der Waals surface area contributed by atoms with Crippen molar-refractivity contribution in [3.8, 4) is 0 Å². The van der Waals surface area contributed by atoms with Crippen molar-refractivity contribution in [2.24, 2.45) is 0 Å². The van der Waals surface area contributed by atoms with E-state index in [2.05, 4.69) is 21.2 Å². The Morgan fingerprint density at radius 2 is 2.00 bits per heavy atom. The van der Waals surface area contributed by atoms with Crippen molar-refractivity contribution in [3.63, 3.8) is 0 Å². The number of hydrogen-bond donors (Lipinski definition) is 1. The lowest BCUT2D eigenvalue weighted by Crippen LogP contribution is -1.96. The first-order valence-corrected chi connectivity index (χ1v) is 4.80. The van der Waals surface area contributed by atoms with Gasteiger partial charge in [-0.25, -0.2) is 0 Å². The van der Waals surface area contributed by atoms with Gasteiger partial charge in [-0.05, 0) is 24.3 Å². The van der Waals surface area contributed by atoms with Crippen LogP contribution in [-0.2, 0) is 0 Å². The van der Waals surface area contributed by atoms with Crippen molar-refractivity contribution in [2.75, 3.05) is 11.9 Å². The van der Waals surface area contributed by atoms with Crippen LogP contribution in [-0.4, -0.2) is 6.54 Å². The van der Waals surface area contributed by atoms with Gasteiger partial charge in [-0.15, -0.1) is 0 Å². The Balaban J connectivity index is 2.47. The molecular formula is C9H9BrClN. The molecule has 0 heterocycles. The van der Waals surface area contributed by atoms with Gasteiger partial charge in [0.15, 0.2) is 0 Å². The van der Waals surface area contributed by atoms with Gasteiger partial charge < -0.3 is 5.32 Å². The van der Waals surface area contributed by atoms with Crippen LogP contribution in [0.1, 0.15) is 0 Å². The van der Waals surface area contributed by atoms with E-state index < -0.39 is 0 Å². The Kier molecular flexibility index (Phi) is 4.19. The lowest BCUT2D eigenvalue weighted by Gasteiger charge is -2.01. The molecule has 0 atom stereocenters. The number of anilines is 1. The first kappa shape index (κ1) is 9.62. The Morgan fingerprint density at radius 1 is 1.33 bits per heavy atom. The Morgan fingerprint density at radius 3 is 2.58 bits per heavy atom. The summed E-state index contributed by atoms with van der Waals surface area (Å²) in [6.45, 7) is 0.755. The molecule has 12 heavy (non-hydrogen) atoms. The van der Waals surface area contributed by atoms with Gasteiger partial charge in [0.2, 0.25) is 0 Å². The highest BCUT2D eigenvalue weighted by Crippen LogP contribution is 2.13. The second-order valence-corrected chi connectivity index (χ2v) is 3.42. The zero-order chi connectivity index (χ0) is 8.81. The Bertz CT molecular complexity index is 256. The highest BCUT2D eigenvalue weighted by molar-refractivity contribution is 9.10. The van der Waals surface area contributed by atoms with Crippen LogP contribution in [0.25, 0.3) is 0 Å². The van der Waals surface area contributed by atoms with Crippen molar-refractivity contribution in [1.29, 1.82) is 0 Å². The van der Waals surface area contributed by atoms with Crippen molar-refractivity contribution in [2.45, 2.75) is 0 Å². The predicted octanol–water partition coefficient (Wildman–Crippen LogP) is 3.61. The molecule has 0 saturated heterocycles. The SMILES string of the molecule is Cl/C=C/CNc1ccc(Br)cc1. The molecule has 1 N–H and O–H groups in total. The minimum atomic E-state index is 0.755. The van der Waals surface area contributed by atoms with Gasteiger partial charge >= 0.3 is 0 Å². The second kappa shape index (κ2) is 5.22. The van der Waals surface area contributed by atoms with E-state index in [-0.39, 0.29) is 0 Å². The molecule has 0 aliphatic heterocycles. The summed E-state index contributed by atoms with van der Waals surface area (Å²) in [5.74, 6) is 0. The lowest BCUT2D eigenvalue weighted by molar-refractivity contribution is 1.34. The van der Waals surface area contributed by atoms with Gasteiger partial charge in [-0.1, -0.05) is 33.6 Å². The number of benzene rings is 1. The highest BCUT2D eigenvalue weighted by Gasteiger charge is 1.88. The largest absolute Gasteiger partial charge is 0.382 e. The van der Waals surface area contributed by atoms with E-state index in [4.69, 9.17) is 11.6 Å². The first-order valence-electron chi connectivity index (χ1n) is 3.57. The van der Waals surface area contributed by atoms with Gasteiger partial charge in [0.1, 0.15) is 0 Å². The van der Waals surface area contributed by atoms with E-state index >= 15 is 0 Å². The molecular weight excluding hydrogens is 237 g/mol. The summed E-state index contributed by atoms with van der Waals surface area (Å²) >= 11 is 8.73. The minimum Gasteiger partial charge on any atom is -0.382 e. The summed E-state index contributed by atoms with van der Waals surface area (Å²) in [5, 5.41) is 3.18. The molecule has 1 aromatic rings. The third-order valence-electron chi connectivity index (χ3n) is 1.36. The molecule has 0 unspecified atom stereocenters. The average molecular weight is 247 g/mol. The Labute approximate surface area is 85.6 Å². The zero-order valence-electron chi connectivity index (χ0n) is 6.43. The molecule has 1 aromatic carbocycles. The molecule has 0 aromatic heterocycles. The van der Waals surface area contributed by atoms with Crippen LogP contribution in [0.2, 0.25) is 0 Å². The number of rotatable bonds is 3. The topological polar surface area (TPSA) is 12.0 Å². The fourth-order valence-electron chi connectivity index (χ4n) is 0.789. The van der Waals surface area contributed by atoms with Crippen LogP contribution in [0.15, 0.2) is 40.3 Å². The quantitative estimate of drug-likeness (QED) is 0.859. The van der Waals surface area contributed by atoms with E-state index in [1.165, 1.54) is 5.54 Å². The molecule has 1 rings (SSSR count). The Hall–Kier alpha value is -0.470. The maximum absolute atomic E-state index is 5.36. The molecule has 0 spiro atoms. The molecule has 0 fully saturated rings. The van der Waals surface area contributed by atoms with Crippen LogP contribution in [0.5, 0.6) is 0 Å². The van der Waals surface area contributed by atoms with Crippen LogP contribution >= 0.6 is 27.5 Å². The average Bonchev–Trinajstić information content (AvgIpc) is 2.09. The van der Waals surface area contributed by atoms with Crippen molar-refractivity contribution >= 4 is 33.2 Å². The zero-order valence-corrected chi connectivity index (χ0v) is 8.77. The lowest BCUT2D eigenvalue weighted by atomic mass is 10.3. The first-order chi connectivity index (χ1) is 5.83. The summed E-state index contributed by atoms with van der Waals surface area (Å²) in [6, 6.07) is 8.00. The molecule has 3 heteroatoms. The number of nitrogens with one attached hydrogen (secondary N) is 1. The highest BCUT2D eigenvalue weighted by atomic mass is 79.9. The van der Waals surface area contributed by atoms with E-state index in [9.17, 15) is 0 Å². The molecule has 0 aliphatic rings. The fourth-order valence-corrected chi connectivity index (χ4v) is 1.14. The van der Waals surface area contributed by atoms with Crippen molar-refractivity contribution in [1.82, 2.24) is 0 Å². The number of hydrogen-bond acceptors (Lipinski definition) is 1. The summed E-state index contributed by atoms with van der Waals surface area (Å²) in [6.07, 6.45) is 1.85. The van der Waals surface area contributed by atoms with E-state index in [0.717, 1.165) is 16.7 Å². The van der Waals surface area contributed by atoms with E-state index in [1.54, 1.807) is 0 Å². The summed E-state index contributed by atoms with van der Waals surface area (Å²) in [4.78, 5) is 0. The standard InChI is InChI=1S/C9H9BrClN/c10-8-2-4-9(5-3-8)12-7-1-6-11/h1-6,12H,7H2/b6-1+. The fraction of sp³-hybridized carbons (Fsp3) is 0.111. The van der Waals surface area contributed by atoms with Crippen molar-refractivity contribution < 1.29 is 0 Å². The minimum absolute atomic E-state index is 0.755. The van der Waals surface area contributed by atoms with Crippen molar-refractivity contribution in [3.05, 3.63) is 40.3 Å². The van der Waals surface area contributed by atoms with Crippen LogP contribution in [0, 0.1) is 0 Å². The van der Waals surface area contributed by atoms with Crippen LogP contribution in [0.4, 0.5) is 5.69 Å². The van der Waals surface area contributed by atoms with Gasteiger partial charge in [-0.2, -0.15) is 0 Å². The van der Waals surface area contributed by atoms with Gasteiger partial charge in [-0.3, -0.25) is 0 Å². The maximum Gasteiger partial charge on any atom is 0.0343 e. The molecule has 0 radical (unpaired) electrons. The molecule has 1 nitrogen and oxygen atoms in total. The second-order valence-electron chi connectivity index (χ2n) is 2.25.